The Kier molecular flexibility index (Phi) is 12.5. The molecular weight excluding hydrogens is 739 g/mol. The Labute approximate surface area is 334 Å². The van der Waals surface area contributed by atoms with Crippen molar-refractivity contribution in [2.75, 3.05) is 11.9 Å². The first-order valence-corrected chi connectivity index (χ1v) is 23.7. The summed E-state index contributed by atoms with van der Waals surface area (Å²) in [5.41, 5.74) is 3.13. The van der Waals surface area contributed by atoms with Crippen LogP contribution >= 0.6 is 0 Å². The van der Waals surface area contributed by atoms with Crippen LogP contribution in [0.1, 0.15) is 82.4 Å². The lowest BCUT2D eigenvalue weighted by atomic mass is 9.97. The smallest absolute Gasteiger partial charge is 0.419 e. The zero-order chi connectivity index (χ0) is 41.2. The van der Waals surface area contributed by atoms with Gasteiger partial charge in [-0.25, -0.2) is 9.36 Å². The lowest BCUT2D eigenvalue weighted by Gasteiger charge is -2.29. The van der Waals surface area contributed by atoms with Gasteiger partial charge in [-0.2, -0.15) is 5.10 Å². The fourth-order valence-corrected chi connectivity index (χ4v) is 7.24. The lowest BCUT2D eigenvalue weighted by Crippen LogP contribution is -2.29. The van der Waals surface area contributed by atoms with Crippen LogP contribution in [0.2, 0.25) is 30.7 Å². The van der Waals surface area contributed by atoms with E-state index in [0.29, 0.717) is 35.6 Å². The van der Waals surface area contributed by atoms with E-state index in [4.69, 9.17) is 13.9 Å². The van der Waals surface area contributed by atoms with E-state index in [1.54, 1.807) is 43.9 Å². The molecule has 0 unspecified atom stereocenters. The molecule has 3 heterocycles. The summed E-state index contributed by atoms with van der Waals surface area (Å²) in [4.78, 5) is 42.1. The van der Waals surface area contributed by atoms with Gasteiger partial charge >= 0.3 is 6.09 Å². The van der Waals surface area contributed by atoms with Crippen molar-refractivity contribution in [1.82, 2.24) is 18.9 Å². The first-order chi connectivity index (χ1) is 26.0. The number of hydrogen-bond acceptors (Lipinski definition) is 7. The summed E-state index contributed by atoms with van der Waals surface area (Å²) < 4.78 is 22.9. The van der Waals surface area contributed by atoms with Gasteiger partial charge < -0.3 is 19.2 Å². The standard InChI is InChI=1S/C43H57N5O6Si2/c1-29-13-15-30(16-14-29)25-47-26-32(24-44-47)38(49)45-34-23-35(39(50)46(27-34)28-52-19-20-56(10,11)12)37-22-31-21-33(43(8,9)54-55-42(5,6)7)17-18-36(31)48(37)40(51)53-41(2,3)4/h13-18,21-24,26-27H,19-20,25,28H2,1-12H3,(H,45,49). The van der Waals surface area contributed by atoms with Gasteiger partial charge in [-0.3, -0.25) is 18.8 Å². The van der Waals surface area contributed by atoms with E-state index in [9.17, 15) is 14.4 Å². The summed E-state index contributed by atoms with van der Waals surface area (Å²) in [5, 5.41) is 8.11. The van der Waals surface area contributed by atoms with Gasteiger partial charge in [0.25, 0.3) is 11.5 Å². The molecule has 0 bridgehead atoms. The quantitative estimate of drug-likeness (QED) is 0.0932. The van der Waals surface area contributed by atoms with Crippen molar-refractivity contribution in [2.45, 2.75) is 118 Å². The van der Waals surface area contributed by atoms with Gasteiger partial charge in [0.2, 0.25) is 9.76 Å². The Morgan fingerprint density at radius 1 is 0.911 bits per heavy atom. The van der Waals surface area contributed by atoms with Gasteiger partial charge in [-0.1, -0.05) is 76.3 Å². The van der Waals surface area contributed by atoms with Gasteiger partial charge in [0.05, 0.1) is 46.4 Å². The summed E-state index contributed by atoms with van der Waals surface area (Å²) in [6, 6.07) is 18.3. The highest BCUT2D eigenvalue weighted by Gasteiger charge is 2.29. The average molecular weight is 796 g/mol. The maximum Gasteiger partial charge on any atom is 0.419 e. The number of benzene rings is 2. The SMILES string of the molecule is Cc1ccc(Cn2cc(C(=O)Nc3cc(-c4cc5cc(C(C)(C)O[Si]C(C)(C)C)ccc5n4C(=O)OC(C)(C)C)c(=O)n(COCC[Si](C)(C)C)c3)cn2)cc1. The van der Waals surface area contributed by atoms with Crippen molar-refractivity contribution in [3.8, 4) is 11.3 Å². The molecule has 0 aliphatic heterocycles. The highest BCUT2D eigenvalue weighted by atomic mass is 28.3. The molecule has 0 atom stereocenters. The number of rotatable bonds is 13. The topological polar surface area (TPSA) is 119 Å². The van der Waals surface area contributed by atoms with Crippen molar-refractivity contribution in [3.63, 3.8) is 0 Å². The minimum absolute atomic E-state index is 0.00474. The number of fused-ring (bicyclic) bond motifs is 1. The molecule has 0 aliphatic rings. The highest BCUT2D eigenvalue weighted by Crippen LogP contribution is 2.35. The molecule has 11 nitrogen and oxygen atoms in total. The summed E-state index contributed by atoms with van der Waals surface area (Å²) in [6.45, 7) is 25.6. The van der Waals surface area contributed by atoms with Crippen LogP contribution in [-0.2, 0) is 32.8 Å². The van der Waals surface area contributed by atoms with Crippen molar-refractivity contribution in [2.24, 2.45) is 0 Å². The molecule has 56 heavy (non-hydrogen) atoms. The van der Waals surface area contributed by atoms with Crippen molar-refractivity contribution in [1.29, 1.82) is 0 Å². The number of carbonyl (C=O) groups is 2. The largest absolute Gasteiger partial charge is 0.443 e. The summed E-state index contributed by atoms with van der Waals surface area (Å²) in [5.74, 6) is -0.397. The Balaban J connectivity index is 1.58. The Morgan fingerprint density at radius 2 is 1.61 bits per heavy atom. The van der Waals surface area contributed by atoms with Crippen LogP contribution in [0, 0.1) is 6.92 Å². The zero-order valence-electron chi connectivity index (χ0n) is 35.0. The van der Waals surface area contributed by atoms with E-state index in [1.807, 2.05) is 69.3 Å². The van der Waals surface area contributed by atoms with Gasteiger partial charge in [0, 0.05) is 32.5 Å². The number of aromatic nitrogens is 4. The minimum atomic E-state index is -1.40. The van der Waals surface area contributed by atoms with Gasteiger partial charge in [0.1, 0.15) is 12.3 Å². The van der Waals surface area contributed by atoms with Crippen molar-refractivity contribution < 1.29 is 23.5 Å². The minimum Gasteiger partial charge on any atom is -0.443 e. The van der Waals surface area contributed by atoms with Crippen molar-refractivity contribution in [3.05, 3.63) is 106 Å². The summed E-state index contributed by atoms with van der Waals surface area (Å²) >= 11 is 0. The second-order valence-electron chi connectivity index (χ2n) is 18.2. The van der Waals surface area contributed by atoms with E-state index in [0.717, 1.165) is 28.1 Å². The number of anilines is 1. The Morgan fingerprint density at radius 3 is 2.25 bits per heavy atom. The monoisotopic (exact) mass is 795 g/mol. The zero-order valence-corrected chi connectivity index (χ0v) is 37.0. The first-order valence-electron chi connectivity index (χ1n) is 19.0. The van der Waals surface area contributed by atoms with E-state index >= 15 is 0 Å². The number of nitrogens with zero attached hydrogens (tertiary/aromatic N) is 4. The molecule has 0 fully saturated rings. The predicted molar refractivity (Wildman–Crippen MR) is 227 cm³/mol. The maximum absolute atomic E-state index is 14.4. The molecule has 2 radical (unpaired) electrons. The lowest BCUT2D eigenvalue weighted by molar-refractivity contribution is 0.0547. The number of hydrogen-bond donors (Lipinski definition) is 1. The normalized spacial score (nSPS) is 12.6. The third-order valence-electron chi connectivity index (χ3n) is 8.89. The van der Waals surface area contributed by atoms with Crippen LogP contribution in [0.5, 0.6) is 0 Å². The van der Waals surface area contributed by atoms with Crippen LogP contribution < -0.4 is 10.9 Å². The summed E-state index contributed by atoms with van der Waals surface area (Å²) in [7, 11) is -1.14. The predicted octanol–water partition coefficient (Wildman–Crippen LogP) is 9.46. The average Bonchev–Trinajstić information content (AvgIpc) is 3.71. The van der Waals surface area contributed by atoms with Gasteiger partial charge in [-0.05, 0) is 88.0 Å². The molecule has 0 saturated carbocycles. The third kappa shape index (κ3) is 11.3. The molecule has 13 heteroatoms. The van der Waals surface area contributed by atoms with E-state index in [2.05, 4.69) is 50.8 Å². The first kappa shape index (κ1) is 42.6. The number of aryl methyl sites for hydroxylation is 1. The van der Waals surface area contributed by atoms with E-state index < -0.39 is 31.3 Å². The van der Waals surface area contributed by atoms with Gasteiger partial charge in [0.15, 0.2) is 0 Å². The molecule has 3 aromatic heterocycles. The molecule has 1 N–H and O–H groups in total. The van der Waals surface area contributed by atoms with Crippen LogP contribution in [0.3, 0.4) is 0 Å². The van der Waals surface area contributed by atoms with Crippen LogP contribution in [0.4, 0.5) is 10.5 Å². The molecule has 1 amide bonds. The van der Waals surface area contributed by atoms with E-state index in [-0.39, 0.29) is 32.7 Å². The number of pyridine rings is 1. The van der Waals surface area contributed by atoms with Crippen LogP contribution in [-0.4, -0.2) is 61.0 Å². The molecule has 5 aromatic rings. The number of nitrogens with one attached hydrogen (secondary N) is 1. The fourth-order valence-electron chi connectivity index (χ4n) is 5.81. The second kappa shape index (κ2) is 16.5. The highest BCUT2D eigenvalue weighted by molar-refractivity contribution is 6.76. The summed E-state index contributed by atoms with van der Waals surface area (Å²) in [6.07, 6.45) is 4.15. The molecule has 0 saturated heterocycles. The number of amides is 1. The number of ether oxygens (including phenoxy) is 2. The Bertz CT molecular complexity index is 2250. The second-order valence-corrected chi connectivity index (χ2v) is 25.7. The third-order valence-corrected chi connectivity index (χ3v) is 11.8. The van der Waals surface area contributed by atoms with Crippen molar-refractivity contribution >= 4 is 46.4 Å². The molecule has 298 valence electrons. The maximum atomic E-state index is 14.4. The van der Waals surface area contributed by atoms with Gasteiger partial charge in [-0.15, -0.1) is 0 Å². The molecule has 0 spiro atoms. The number of carbonyl (C=O) groups excluding carboxylic acids is 2. The fraction of sp³-hybridized carbons (Fsp3) is 0.442. The molecule has 0 aliphatic carbocycles. The van der Waals surface area contributed by atoms with E-state index in [1.165, 1.54) is 15.3 Å². The van der Waals surface area contributed by atoms with Crippen LogP contribution in [0.25, 0.3) is 22.2 Å². The van der Waals surface area contributed by atoms with Crippen LogP contribution in [0.15, 0.2) is 78.0 Å². The molecular formula is C43H57N5O6Si2. The molecule has 5 rings (SSSR count). The molecule has 2 aromatic carbocycles. The Hall–Kier alpha value is -4.57.